The number of Topliss-reactive ketones (excluding diaryl/α,β-unsaturated/α-hetero) is 1. The Balaban J connectivity index is 1.65. The average Bonchev–Trinajstić information content (AvgIpc) is 2.92. The van der Waals surface area contributed by atoms with E-state index in [9.17, 15) is 9.59 Å². The SMILES string of the molecule is C[C@]12C[C@H](F)C3C4CCC(=O)C=C4CC(CCCCCCl)C3C1CCC2=O. The molecule has 4 aliphatic carbocycles. The monoisotopic (exact) mass is 394 g/mol. The van der Waals surface area contributed by atoms with Crippen LogP contribution < -0.4 is 0 Å². The van der Waals surface area contributed by atoms with Gasteiger partial charge in [-0.2, -0.15) is 0 Å². The van der Waals surface area contributed by atoms with Crippen molar-refractivity contribution in [1.29, 1.82) is 0 Å². The van der Waals surface area contributed by atoms with Gasteiger partial charge < -0.3 is 0 Å². The minimum atomic E-state index is -0.912. The highest BCUT2D eigenvalue weighted by atomic mass is 35.5. The Hall–Kier alpha value is -0.700. The summed E-state index contributed by atoms with van der Waals surface area (Å²) in [4.78, 5) is 24.7. The summed E-state index contributed by atoms with van der Waals surface area (Å²) in [7, 11) is 0. The highest BCUT2D eigenvalue weighted by molar-refractivity contribution is 6.17. The fourth-order valence-electron chi connectivity index (χ4n) is 7.12. The third kappa shape index (κ3) is 3.32. The summed E-state index contributed by atoms with van der Waals surface area (Å²) in [6.07, 6.45) is 9.52. The van der Waals surface area contributed by atoms with Gasteiger partial charge in [0.25, 0.3) is 0 Å². The van der Waals surface area contributed by atoms with Crippen molar-refractivity contribution in [3.05, 3.63) is 11.6 Å². The highest BCUT2D eigenvalue weighted by Crippen LogP contribution is 2.63. The standard InChI is InChI=1S/C23H32ClFO2/c1-23-13-19(25)22-17-7-6-16(26)12-15(17)11-14(5-3-2-4-10-24)21(22)18(23)8-9-20(23)27/h12,14,17-19,21-22H,2-11,13H2,1H3/t14?,17?,18?,19-,21?,22?,23-/m0/s1. The zero-order chi connectivity index (χ0) is 19.2. The van der Waals surface area contributed by atoms with Gasteiger partial charge in [0.05, 0.1) is 0 Å². The van der Waals surface area contributed by atoms with Crippen LogP contribution in [0.15, 0.2) is 11.6 Å². The second kappa shape index (κ2) is 7.61. The molecule has 4 rings (SSSR count). The number of carbonyl (C=O) groups excluding carboxylic acids is 2. The minimum Gasteiger partial charge on any atom is -0.299 e. The third-order valence-electron chi connectivity index (χ3n) is 8.32. The molecule has 0 spiro atoms. The van der Waals surface area contributed by atoms with Gasteiger partial charge in [-0.3, -0.25) is 9.59 Å². The lowest BCUT2D eigenvalue weighted by atomic mass is 9.48. The summed E-state index contributed by atoms with van der Waals surface area (Å²) in [5, 5.41) is 0. The normalized spacial score (nSPS) is 43.7. The molecule has 0 bridgehead atoms. The molecule has 0 aromatic rings. The van der Waals surface area contributed by atoms with Crippen LogP contribution in [0.2, 0.25) is 0 Å². The molecule has 0 aromatic heterocycles. The Bertz CT molecular complexity index is 644. The van der Waals surface area contributed by atoms with Gasteiger partial charge >= 0.3 is 0 Å². The lowest BCUT2D eigenvalue weighted by Gasteiger charge is -2.56. The van der Waals surface area contributed by atoms with Crippen molar-refractivity contribution in [2.24, 2.45) is 35.0 Å². The molecular formula is C23H32ClFO2. The summed E-state index contributed by atoms with van der Waals surface area (Å²) < 4.78 is 15.6. The molecule has 7 atom stereocenters. The van der Waals surface area contributed by atoms with Crippen molar-refractivity contribution in [3.8, 4) is 0 Å². The van der Waals surface area contributed by atoms with Crippen LogP contribution in [-0.4, -0.2) is 23.6 Å². The summed E-state index contributed by atoms with van der Waals surface area (Å²) >= 11 is 5.83. The van der Waals surface area contributed by atoms with E-state index in [0.29, 0.717) is 42.9 Å². The number of halogens is 2. The van der Waals surface area contributed by atoms with Gasteiger partial charge in [-0.1, -0.05) is 25.3 Å². The van der Waals surface area contributed by atoms with Crippen LogP contribution in [0.1, 0.15) is 71.1 Å². The molecule has 0 heterocycles. The maximum absolute atomic E-state index is 15.6. The number of carbonyl (C=O) groups is 2. The van der Waals surface area contributed by atoms with Crippen LogP contribution in [0.5, 0.6) is 0 Å². The van der Waals surface area contributed by atoms with E-state index in [1.807, 2.05) is 13.0 Å². The Labute approximate surface area is 167 Å². The lowest BCUT2D eigenvalue weighted by Crippen LogP contribution is -2.54. The van der Waals surface area contributed by atoms with Crippen molar-refractivity contribution >= 4 is 23.2 Å². The summed E-state index contributed by atoms with van der Waals surface area (Å²) in [6.45, 7) is 2.04. The van der Waals surface area contributed by atoms with Crippen LogP contribution >= 0.6 is 11.6 Å². The lowest BCUT2D eigenvalue weighted by molar-refractivity contribution is -0.138. The number of alkyl halides is 2. The maximum atomic E-state index is 15.6. The predicted molar refractivity (Wildman–Crippen MR) is 105 cm³/mol. The third-order valence-corrected chi connectivity index (χ3v) is 8.59. The van der Waals surface area contributed by atoms with E-state index in [0.717, 1.165) is 44.9 Å². The van der Waals surface area contributed by atoms with E-state index in [1.54, 1.807) is 0 Å². The van der Waals surface area contributed by atoms with Gasteiger partial charge in [-0.25, -0.2) is 4.39 Å². The zero-order valence-corrected chi connectivity index (χ0v) is 17.1. The Morgan fingerprint density at radius 1 is 1.15 bits per heavy atom. The molecule has 0 amide bonds. The molecule has 2 nitrogen and oxygen atoms in total. The number of hydrogen-bond donors (Lipinski definition) is 0. The molecule has 3 fully saturated rings. The maximum Gasteiger partial charge on any atom is 0.155 e. The number of allylic oxidation sites excluding steroid dienone is 1. The first-order valence-electron chi connectivity index (χ1n) is 10.9. The first-order valence-corrected chi connectivity index (χ1v) is 11.5. The van der Waals surface area contributed by atoms with Crippen LogP contribution in [0, 0.1) is 35.0 Å². The van der Waals surface area contributed by atoms with Gasteiger partial charge in [-0.15, -0.1) is 11.6 Å². The summed E-state index contributed by atoms with van der Waals surface area (Å²) in [5.41, 5.74) is 0.756. The second-order valence-electron chi connectivity index (χ2n) is 9.69. The molecular weight excluding hydrogens is 363 g/mol. The predicted octanol–water partition coefficient (Wildman–Crippen LogP) is 5.67. The molecule has 150 valence electrons. The Kier molecular flexibility index (Phi) is 5.53. The van der Waals surface area contributed by atoms with Crippen LogP contribution in [0.4, 0.5) is 4.39 Å². The molecule has 0 N–H and O–H groups in total. The highest BCUT2D eigenvalue weighted by Gasteiger charge is 2.61. The van der Waals surface area contributed by atoms with Crippen molar-refractivity contribution < 1.29 is 14.0 Å². The van der Waals surface area contributed by atoms with E-state index in [1.165, 1.54) is 5.57 Å². The molecule has 27 heavy (non-hydrogen) atoms. The number of fused-ring (bicyclic) bond motifs is 5. The van der Waals surface area contributed by atoms with E-state index in [2.05, 4.69) is 0 Å². The molecule has 0 aromatic carbocycles. The quantitative estimate of drug-likeness (QED) is 0.444. The molecule has 5 unspecified atom stereocenters. The number of rotatable bonds is 5. The smallest absolute Gasteiger partial charge is 0.155 e. The number of hydrogen-bond acceptors (Lipinski definition) is 2. The zero-order valence-electron chi connectivity index (χ0n) is 16.4. The van der Waals surface area contributed by atoms with E-state index >= 15 is 4.39 Å². The molecule has 0 saturated heterocycles. The van der Waals surface area contributed by atoms with Crippen LogP contribution in [0.3, 0.4) is 0 Å². The second-order valence-corrected chi connectivity index (χ2v) is 10.1. The van der Waals surface area contributed by atoms with Gasteiger partial charge in [0.1, 0.15) is 12.0 Å². The molecule has 0 aliphatic heterocycles. The van der Waals surface area contributed by atoms with Gasteiger partial charge in [0, 0.05) is 30.1 Å². The van der Waals surface area contributed by atoms with Gasteiger partial charge in [0.15, 0.2) is 5.78 Å². The first kappa shape index (κ1) is 19.6. The van der Waals surface area contributed by atoms with E-state index in [4.69, 9.17) is 11.6 Å². The fraction of sp³-hybridized carbons (Fsp3) is 0.826. The fourth-order valence-corrected chi connectivity index (χ4v) is 7.31. The van der Waals surface area contributed by atoms with E-state index in [-0.39, 0.29) is 23.4 Å². The molecule has 4 aliphatic rings. The minimum absolute atomic E-state index is 0.0140. The van der Waals surface area contributed by atoms with Crippen LogP contribution in [0.25, 0.3) is 0 Å². The number of ketones is 2. The Morgan fingerprint density at radius 2 is 1.96 bits per heavy atom. The summed E-state index contributed by atoms with van der Waals surface area (Å²) in [5.74, 6) is 2.48. The largest absolute Gasteiger partial charge is 0.299 e. The van der Waals surface area contributed by atoms with Crippen molar-refractivity contribution in [2.45, 2.75) is 77.3 Å². The van der Waals surface area contributed by atoms with Crippen molar-refractivity contribution in [3.63, 3.8) is 0 Å². The Morgan fingerprint density at radius 3 is 2.74 bits per heavy atom. The van der Waals surface area contributed by atoms with E-state index < -0.39 is 11.6 Å². The van der Waals surface area contributed by atoms with Crippen molar-refractivity contribution in [2.75, 3.05) is 5.88 Å². The average molecular weight is 395 g/mol. The molecule has 0 radical (unpaired) electrons. The molecule has 3 saturated carbocycles. The summed E-state index contributed by atoms with van der Waals surface area (Å²) in [6, 6.07) is 0. The first-order chi connectivity index (χ1) is 13.0. The topological polar surface area (TPSA) is 34.1 Å². The number of unbranched alkanes of at least 4 members (excludes halogenated alkanes) is 2. The van der Waals surface area contributed by atoms with Gasteiger partial charge in [-0.05, 0) is 68.3 Å². The van der Waals surface area contributed by atoms with Crippen LogP contribution in [-0.2, 0) is 9.59 Å². The molecule has 4 heteroatoms. The van der Waals surface area contributed by atoms with Crippen molar-refractivity contribution in [1.82, 2.24) is 0 Å². The van der Waals surface area contributed by atoms with Gasteiger partial charge in [0.2, 0.25) is 0 Å².